The first kappa shape index (κ1) is 27.4. The fourth-order valence-electron chi connectivity index (χ4n) is 6.92. The summed E-state index contributed by atoms with van der Waals surface area (Å²) >= 11 is 17.6. The Morgan fingerprint density at radius 2 is 1.82 bits per heavy atom. The Labute approximate surface area is 239 Å². The first-order valence-corrected chi connectivity index (χ1v) is 14.4. The number of carbonyl (C=O) groups is 4. The number of phenolic OH excluding ortho intramolecular Hbond substituents is 1. The summed E-state index contributed by atoms with van der Waals surface area (Å²) in [4.78, 5) is 53.2. The maximum Gasteiger partial charge on any atom is 0.254 e. The van der Waals surface area contributed by atoms with E-state index in [1.165, 1.54) is 4.90 Å². The Bertz CT molecular complexity index is 1320. The highest BCUT2D eigenvalue weighted by atomic mass is 79.9. The Morgan fingerprint density at radius 1 is 1.13 bits per heavy atom. The van der Waals surface area contributed by atoms with E-state index in [2.05, 4.69) is 22.5 Å². The molecule has 1 N–H and O–H groups in total. The molecule has 2 aliphatic carbocycles. The third-order valence-corrected chi connectivity index (χ3v) is 10.4. The van der Waals surface area contributed by atoms with E-state index in [0.29, 0.717) is 23.1 Å². The molecule has 10 heteroatoms. The summed E-state index contributed by atoms with van der Waals surface area (Å²) in [5, 5.41) is 11.4. The van der Waals surface area contributed by atoms with Gasteiger partial charge in [-0.3, -0.25) is 29.0 Å². The molecule has 0 spiro atoms. The van der Waals surface area contributed by atoms with Gasteiger partial charge in [-0.05, 0) is 51.5 Å². The SMILES string of the molecule is C=CCc1cccc(C2C3=CCC4C(=O)N(C(C)(C)C)C(=O)C4C3CC3(Cl)C(=O)N(CBr)C(=O)C23Cl)c1O. The highest BCUT2D eigenvalue weighted by Crippen LogP contribution is 2.66. The predicted molar refractivity (Wildman–Crippen MR) is 147 cm³/mol. The molecule has 6 unspecified atom stereocenters. The number of benzene rings is 1. The highest BCUT2D eigenvalue weighted by molar-refractivity contribution is 9.09. The number of fused-ring (bicyclic) bond motifs is 4. The largest absolute Gasteiger partial charge is 0.507 e. The lowest BCUT2D eigenvalue weighted by molar-refractivity contribution is -0.146. The van der Waals surface area contributed by atoms with E-state index in [4.69, 9.17) is 23.2 Å². The van der Waals surface area contributed by atoms with Crippen LogP contribution in [0, 0.1) is 17.8 Å². The minimum atomic E-state index is -1.95. The molecule has 6 atom stereocenters. The van der Waals surface area contributed by atoms with E-state index in [9.17, 15) is 24.3 Å². The van der Waals surface area contributed by atoms with Gasteiger partial charge in [0.05, 0.1) is 17.3 Å². The number of imide groups is 2. The maximum absolute atomic E-state index is 13.8. The number of nitrogens with zero attached hydrogens (tertiary/aromatic N) is 2. The summed E-state index contributed by atoms with van der Waals surface area (Å²) in [5.74, 6) is -4.93. The van der Waals surface area contributed by atoms with Crippen LogP contribution in [0.2, 0.25) is 0 Å². The maximum atomic E-state index is 13.8. The Balaban J connectivity index is 1.75. The van der Waals surface area contributed by atoms with Crippen LogP contribution < -0.4 is 0 Å². The number of rotatable bonds is 4. The van der Waals surface area contributed by atoms with Crippen molar-refractivity contribution in [2.75, 3.05) is 5.45 Å². The van der Waals surface area contributed by atoms with Crippen molar-refractivity contribution in [1.82, 2.24) is 9.80 Å². The molecule has 0 aromatic heterocycles. The lowest BCUT2D eigenvalue weighted by Crippen LogP contribution is -2.60. The summed E-state index contributed by atoms with van der Waals surface area (Å²) in [5.41, 5.74) is 0.749. The van der Waals surface area contributed by atoms with Gasteiger partial charge in [0.1, 0.15) is 5.75 Å². The molecule has 0 radical (unpaired) electrons. The van der Waals surface area contributed by atoms with Crippen molar-refractivity contribution in [2.45, 2.75) is 61.2 Å². The summed E-state index contributed by atoms with van der Waals surface area (Å²) < 4.78 is 0. The normalized spacial score (nSPS) is 34.7. The number of phenols is 1. The summed E-state index contributed by atoms with van der Waals surface area (Å²) in [6.07, 6.45) is 4.08. The number of carbonyl (C=O) groups excluding carboxylic acids is 4. The molecule has 4 aliphatic rings. The zero-order valence-electron chi connectivity index (χ0n) is 21.3. The predicted octanol–water partition coefficient (Wildman–Crippen LogP) is 4.63. The molecule has 2 saturated heterocycles. The number of hydrogen-bond acceptors (Lipinski definition) is 5. The lowest BCUT2D eigenvalue weighted by atomic mass is 9.56. The monoisotopic (exact) mass is 622 g/mol. The summed E-state index contributed by atoms with van der Waals surface area (Å²) in [6, 6.07) is 5.16. The number of alkyl halides is 3. The van der Waals surface area contributed by atoms with Crippen molar-refractivity contribution in [2.24, 2.45) is 17.8 Å². The van der Waals surface area contributed by atoms with Gasteiger partial charge in [0.15, 0.2) is 9.75 Å². The zero-order valence-corrected chi connectivity index (χ0v) is 24.4. The van der Waals surface area contributed by atoms with E-state index in [1.54, 1.807) is 45.0 Å². The average molecular weight is 624 g/mol. The number of allylic oxidation sites excluding steroid dienone is 3. The first-order chi connectivity index (χ1) is 17.8. The third-order valence-electron chi connectivity index (χ3n) is 8.51. The van der Waals surface area contributed by atoms with Gasteiger partial charge in [-0.25, -0.2) is 0 Å². The molecule has 1 aromatic carbocycles. The van der Waals surface area contributed by atoms with Crippen molar-refractivity contribution < 1.29 is 24.3 Å². The fraction of sp³-hybridized carbons (Fsp3) is 0.500. The van der Waals surface area contributed by atoms with Crippen molar-refractivity contribution in [3.63, 3.8) is 0 Å². The molecule has 38 heavy (non-hydrogen) atoms. The van der Waals surface area contributed by atoms with Crippen molar-refractivity contribution >= 4 is 62.8 Å². The topological polar surface area (TPSA) is 95.0 Å². The number of halogens is 3. The molecular formula is C28H29BrCl2N2O5. The van der Waals surface area contributed by atoms with Crippen molar-refractivity contribution in [1.29, 1.82) is 0 Å². The second-order valence-electron chi connectivity index (χ2n) is 11.5. The molecular weight excluding hydrogens is 595 g/mol. The van der Waals surface area contributed by atoms with Crippen LogP contribution in [-0.4, -0.2) is 59.3 Å². The van der Waals surface area contributed by atoms with E-state index in [1.807, 2.05) is 6.08 Å². The zero-order chi connectivity index (χ0) is 27.9. The van der Waals surface area contributed by atoms with Crippen LogP contribution in [0.4, 0.5) is 0 Å². The van der Waals surface area contributed by atoms with Crippen molar-refractivity contribution in [3.05, 3.63) is 53.6 Å². The molecule has 3 fully saturated rings. The van der Waals surface area contributed by atoms with Crippen LogP contribution in [0.5, 0.6) is 5.75 Å². The fourth-order valence-corrected chi connectivity index (χ4v) is 8.34. The Kier molecular flexibility index (Phi) is 6.44. The van der Waals surface area contributed by atoms with Gasteiger partial charge in [0.2, 0.25) is 11.8 Å². The van der Waals surface area contributed by atoms with E-state index < -0.39 is 50.8 Å². The smallest absolute Gasteiger partial charge is 0.254 e. The van der Waals surface area contributed by atoms with Gasteiger partial charge in [-0.2, -0.15) is 0 Å². The third kappa shape index (κ3) is 3.38. The Hall–Kier alpha value is -2.16. The second kappa shape index (κ2) is 8.93. The quantitative estimate of drug-likeness (QED) is 0.228. The van der Waals surface area contributed by atoms with E-state index in [-0.39, 0.29) is 35.9 Å². The molecule has 202 valence electrons. The molecule has 2 heterocycles. The second-order valence-corrected chi connectivity index (χ2v) is 13.3. The van der Waals surface area contributed by atoms with Gasteiger partial charge in [-0.15, -0.1) is 29.8 Å². The van der Waals surface area contributed by atoms with Crippen LogP contribution in [0.15, 0.2) is 42.5 Å². The van der Waals surface area contributed by atoms with Crippen molar-refractivity contribution in [3.8, 4) is 5.75 Å². The standard InChI is InChI=1S/C28H29BrCl2N2O5/c1-5-7-14-8-6-9-17(21(14)34)20-15-10-11-16-19(23(36)33(22(16)35)26(2,3)4)18(15)12-27(30)24(37)32(13-29)25(38)28(20,27)31/h5-6,8-10,16,18-20,34H,1,7,11-13H2,2-4H3. The van der Waals surface area contributed by atoms with Gasteiger partial charge in [0.25, 0.3) is 11.8 Å². The molecule has 5 rings (SSSR count). The van der Waals surface area contributed by atoms with Crippen LogP contribution in [0.1, 0.15) is 50.7 Å². The molecule has 4 amide bonds. The van der Waals surface area contributed by atoms with Gasteiger partial charge in [-0.1, -0.05) is 51.9 Å². The summed E-state index contributed by atoms with van der Waals surface area (Å²) in [6.45, 7) is 9.17. The number of likely N-dealkylation sites (tertiary alicyclic amines) is 2. The number of aromatic hydroxyl groups is 1. The summed E-state index contributed by atoms with van der Waals surface area (Å²) in [7, 11) is 0. The first-order valence-electron chi connectivity index (χ1n) is 12.5. The van der Waals surface area contributed by atoms with Crippen LogP contribution in [-0.2, 0) is 25.6 Å². The minimum absolute atomic E-state index is 0.0669. The van der Waals surface area contributed by atoms with E-state index >= 15 is 0 Å². The molecule has 1 aromatic rings. The Morgan fingerprint density at radius 3 is 2.42 bits per heavy atom. The number of amides is 4. The molecule has 0 bridgehead atoms. The highest BCUT2D eigenvalue weighted by Gasteiger charge is 2.76. The van der Waals surface area contributed by atoms with Gasteiger partial charge < -0.3 is 5.11 Å². The molecule has 2 aliphatic heterocycles. The molecule has 7 nitrogen and oxygen atoms in total. The van der Waals surface area contributed by atoms with Crippen LogP contribution in [0.25, 0.3) is 0 Å². The molecule has 1 saturated carbocycles. The van der Waals surface area contributed by atoms with E-state index in [0.717, 1.165) is 4.90 Å². The average Bonchev–Trinajstić information content (AvgIpc) is 3.19. The van der Waals surface area contributed by atoms with Crippen LogP contribution in [0.3, 0.4) is 0 Å². The number of hydrogen-bond donors (Lipinski definition) is 1. The van der Waals surface area contributed by atoms with Gasteiger partial charge >= 0.3 is 0 Å². The number of para-hydroxylation sites is 1. The van der Waals surface area contributed by atoms with Crippen LogP contribution >= 0.6 is 39.1 Å². The lowest BCUT2D eigenvalue weighted by Gasteiger charge is -2.51. The minimum Gasteiger partial charge on any atom is -0.507 e. The van der Waals surface area contributed by atoms with Gasteiger partial charge in [0, 0.05) is 17.0 Å².